The van der Waals surface area contributed by atoms with E-state index in [2.05, 4.69) is 49.4 Å². The lowest BCUT2D eigenvalue weighted by molar-refractivity contribution is -0.125. The SMILES string of the molecule is O=C(NCCn1ccnc1)[C@H]1CN(Cc2ccccc2)C[C@@H]1c1ccnc(N2CCCC2)n1. The van der Waals surface area contributed by atoms with Crippen LogP contribution in [0.25, 0.3) is 0 Å². The number of nitrogens with zero attached hydrogens (tertiary/aromatic N) is 6. The van der Waals surface area contributed by atoms with E-state index in [4.69, 9.17) is 4.98 Å². The Morgan fingerprint density at radius 1 is 1.06 bits per heavy atom. The summed E-state index contributed by atoms with van der Waals surface area (Å²) in [6.45, 7) is 5.67. The zero-order chi connectivity index (χ0) is 22.5. The molecule has 1 amide bonds. The molecule has 1 aromatic carbocycles. The fourth-order valence-electron chi connectivity index (χ4n) is 4.92. The average Bonchev–Trinajstić information content (AvgIpc) is 3.62. The monoisotopic (exact) mass is 445 g/mol. The predicted octanol–water partition coefficient (Wildman–Crippen LogP) is 2.31. The van der Waals surface area contributed by atoms with Gasteiger partial charge in [-0.1, -0.05) is 30.3 Å². The van der Waals surface area contributed by atoms with E-state index in [0.717, 1.165) is 44.4 Å². The van der Waals surface area contributed by atoms with Crippen LogP contribution in [0.5, 0.6) is 0 Å². The second kappa shape index (κ2) is 10.1. The van der Waals surface area contributed by atoms with E-state index >= 15 is 0 Å². The molecule has 2 aromatic heterocycles. The molecule has 2 aliphatic heterocycles. The Morgan fingerprint density at radius 3 is 2.70 bits per heavy atom. The smallest absolute Gasteiger partial charge is 0.225 e. The summed E-state index contributed by atoms with van der Waals surface area (Å²) >= 11 is 0. The fourth-order valence-corrected chi connectivity index (χ4v) is 4.92. The minimum Gasteiger partial charge on any atom is -0.354 e. The summed E-state index contributed by atoms with van der Waals surface area (Å²) in [5.74, 6) is 0.798. The number of benzene rings is 1. The van der Waals surface area contributed by atoms with Gasteiger partial charge in [0, 0.05) is 70.3 Å². The van der Waals surface area contributed by atoms with Crippen molar-refractivity contribution in [2.75, 3.05) is 37.6 Å². The largest absolute Gasteiger partial charge is 0.354 e. The Hall–Kier alpha value is -3.26. The van der Waals surface area contributed by atoms with Crippen LogP contribution in [0.3, 0.4) is 0 Å². The first-order valence-corrected chi connectivity index (χ1v) is 11.8. The van der Waals surface area contributed by atoms with Crippen LogP contribution in [0.1, 0.15) is 30.0 Å². The predicted molar refractivity (Wildman–Crippen MR) is 127 cm³/mol. The van der Waals surface area contributed by atoms with Crippen molar-refractivity contribution in [3.05, 3.63) is 72.6 Å². The number of nitrogens with one attached hydrogen (secondary N) is 1. The van der Waals surface area contributed by atoms with E-state index in [-0.39, 0.29) is 17.7 Å². The third-order valence-corrected chi connectivity index (χ3v) is 6.64. The van der Waals surface area contributed by atoms with Crippen LogP contribution in [0, 0.1) is 5.92 Å². The summed E-state index contributed by atoms with van der Waals surface area (Å²) in [7, 11) is 0. The molecule has 0 spiro atoms. The van der Waals surface area contributed by atoms with Crippen molar-refractivity contribution in [2.24, 2.45) is 5.92 Å². The van der Waals surface area contributed by atoms with Crippen molar-refractivity contribution < 1.29 is 4.79 Å². The second-order valence-corrected chi connectivity index (χ2v) is 8.96. The maximum atomic E-state index is 13.3. The zero-order valence-electron chi connectivity index (χ0n) is 18.9. The molecule has 8 heteroatoms. The lowest BCUT2D eigenvalue weighted by Crippen LogP contribution is -2.36. The lowest BCUT2D eigenvalue weighted by atomic mass is 9.92. The third kappa shape index (κ3) is 5.22. The normalized spacial score (nSPS) is 20.9. The van der Waals surface area contributed by atoms with Gasteiger partial charge in [-0.2, -0.15) is 0 Å². The number of rotatable bonds is 8. The molecule has 0 bridgehead atoms. The molecule has 4 heterocycles. The third-order valence-electron chi connectivity index (χ3n) is 6.64. The summed E-state index contributed by atoms with van der Waals surface area (Å²) in [4.78, 5) is 31.4. The number of carbonyl (C=O) groups is 1. The quantitative estimate of drug-likeness (QED) is 0.573. The Morgan fingerprint density at radius 2 is 1.91 bits per heavy atom. The van der Waals surface area contributed by atoms with E-state index in [0.29, 0.717) is 13.1 Å². The number of anilines is 1. The van der Waals surface area contributed by atoms with Gasteiger partial charge in [0.05, 0.1) is 17.9 Å². The number of hydrogen-bond donors (Lipinski definition) is 1. The van der Waals surface area contributed by atoms with E-state index < -0.39 is 0 Å². The zero-order valence-corrected chi connectivity index (χ0v) is 18.9. The molecule has 0 saturated carbocycles. The Balaban J connectivity index is 1.31. The highest BCUT2D eigenvalue weighted by molar-refractivity contribution is 5.80. The van der Waals surface area contributed by atoms with Crippen LogP contribution in [0.2, 0.25) is 0 Å². The standard InChI is InChI=1S/C25H31N7O/c33-24(27-11-15-30-14-10-26-19-30)22-18-31(16-20-6-2-1-3-7-20)17-21(22)23-8-9-28-25(29-23)32-12-4-5-13-32/h1-3,6-10,14,19,21-22H,4-5,11-13,15-18H2,(H,27,33)/t21-,22-/m0/s1. The van der Waals surface area contributed by atoms with Crippen LogP contribution < -0.4 is 10.2 Å². The first-order valence-electron chi connectivity index (χ1n) is 11.8. The van der Waals surface area contributed by atoms with Crippen LogP contribution in [-0.4, -0.2) is 63.0 Å². The van der Waals surface area contributed by atoms with Crippen LogP contribution in [0.15, 0.2) is 61.3 Å². The van der Waals surface area contributed by atoms with Gasteiger partial charge in [0.15, 0.2) is 0 Å². The van der Waals surface area contributed by atoms with Crippen LogP contribution in [0.4, 0.5) is 5.95 Å². The highest BCUT2D eigenvalue weighted by Crippen LogP contribution is 2.33. The summed E-state index contributed by atoms with van der Waals surface area (Å²) in [5, 5.41) is 3.15. The summed E-state index contributed by atoms with van der Waals surface area (Å²) in [6.07, 6.45) is 9.65. The topological polar surface area (TPSA) is 79.2 Å². The Bertz CT molecular complexity index is 1030. The van der Waals surface area contributed by atoms with E-state index in [1.807, 2.05) is 29.1 Å². The van der Waals surface area contributed by atoms with Gasteiger partial charge in [-0.3, -0.25) is 9.69 Å². The summed E-state index contributed by atoms with van der Waals surface area (Å²) in [5.41, 5.74) is 2.23. The molecule has 172 valence electrons. The van der Waals surface area contributed by atoms with Gasteiger partial charge in [-0.05, 0) is 24.5 Å². The summed E-state index contributed by atoms with van der Waals surface area (Å²) < 4.78 is 1.97. The molecule has 5 rings (SSSR count). The molecule has 1 N–H and O–H groups in total. The van der Waals surface area contributed by atoms with Gasteiger partial charge in [0.2, 0.25) is 11.9 Å². The molecule has 33 heavy (non-hydrogen) atoms. The van der Waals surface area contributed by atoms with Crippen LogP contribution >= 0.6 is 0 Å². The van der Waals surface area contributed by atoms with Crippen molar-refractivity contribution in [1.82, 2.24) is 29.7 Å². The highest BCUT2D eigenvalue weighted by Gasteiger charge is 2.39. The molecule has 2 saturated heterocycles. The van der Waals surface area contributed by atoms with Gasteiger partial charge < -0.3 is 14.8 Å². The molecule has 3 aromatic rings. The van der Waals surface area contributed by atoms with Crippen molar-refractivity contribution >= 4 is 11.9 Å². The van der Waals surface area contributed by atoms with Crippen LogP contribution in [-0.2, 0) is 17.9 Å². The molecule has 0 radical (unpaired) electrons. The number of imidazole rings is 1. The minimum atomic E-state index is -0.141. The van der Waals surface area contributed by atoms with Gasteiger partial charge >= 0.3 is 0 Å². The van der Waals surface area contributed by atoms with Crippen molar-refractivity contribution in [3.63, 3.8) is 0 Å². The lowest BCUT2D eigenvalue weighted by Gasteiger charge is -2.20. The fraction of sp³-hybridized carbons (Fsp3) is 0.440. The first-order chi connectivity index (χ1) is 16.3. The number of carbonyl (C=O) groups excluding carboxylic acids is 1. The summed E-state index contributed by atoms with van der Waals surface area (Å²) in [6, 6.07) is 12.4. The number of aromatic nitrogens is 4. The van der Waals surface area contributed by atoms with Crippen molar-refractivity contribution in [1.29, 1.82) is 0 Å². The van der Waals surface area contributed by atoms with Gasteiger partial charge in [-0.25, -0.2) is 15.0 Å². The second-order valence-electron chi connectivity index (χ2n) is 8.96. The molecule has 2 aliphatic rings. The van der Waals surface area contributed by atoms with Gasteiger partial charge in [0.1, 0.15) is 0 Å². The molecule has 0 aliphatic carbocycles. The molecular weight excluding hydrogens is 414 g/mol. The Labute approximate surface area is 194 Å². The maximum Gasteiger partial charge on any atom is 0.225 e. The molecule has 2 fully saturated rings. The molecular formula is C25H31N7O. The number of amides is 1. The van der Waals surface area contributed by atoms with Gasteiger partial charge in [-0.15, -0.1) is 0 Å². The van der Waals surface area contributed by atoms with E-state index in [1.54, 1.807) is 12.5 Å². The highest BCUT2D eigenvalue weighted by atomic mass is 16.2. The number of likely N-dealkylation sites (tertiary alicyclic amines) is 1. The molecule has 0 unspecified atom stereocenters. The first kappa shape index (κ1) is 21.6. The average molecular weight is 446 g/mol. The van der Waals surface area contributed by atoms with E-state index in [1.165, 1.54) is 18.4 Å². The Kier molecular flexibility index (Phi) is 6.62. The van der Waals surface area contributed by atoms with Gasteiger partial charge in [0.25, 0.3) is 0 Å². The molecule has 8 nitrogen and oxygen atoms in total. The number of hydrogen-bond acceptors (Lipinski definition) is 6. The van der Waals surface area contributed by atoms with E-state index in [9.17, 15) is 4.79 Å². The molecule has 2 atom stereocenters. The van der Waals surface area contributed by atoms with Crippen molar-refractivity contribution in [2.45, 2.75) is 31.8 Å². The maximum absolute atomic E-state index is 13.3. The minimum absolute atomic E-state index is 0.0475. The van der Waals surface area contributed by atoms with Crippen molar-refractivity contribution in [3.8, 4) is 0 Å².